The molecule has 1 heterocycles. The van der Waals surface area contributed by atoms with Crippen LogP contribution in [0.3, 0.4) is 0 Å². The number of aromatic nitrogens is 2. The molecular formula is C11H19N3OS. The Bertz CT molecular complexity index is 300. The van der Waals surface area contributed by atoms with Crippen LogP contribution in [0.1, 0.15) is 20.8 Å². The van der Waals surface area contributed by atoms with Crippen LogP contribution in [0.15, 0.2) is 23.6 Å². The Balaban J connectivity index is 2.23. The van der Waals surface area contributed by atoms with Crippen LogP contribution in [0, 0.1) is 0 Å². The first-order valence-electron chi connectivity index (χ1n) is 5.29. The Morgan fingerprint density at radius 3 is 2.81 bits per heavy atom. The molecule has 0 fully saturated rings. The zero-order chi connectivity index (χ0) is 12.0. The minimum atomic E-state index is -0.362. The molecule has 1 atom stereocenters. The van der Waals surface area contributed by atoms with Crippen molar-refractivity contribution in [3.05, 3.63) is 18.6 Å². The summed E-state index contributed by atoms with van der Waals surface area (Å²) in [7, 11) is 0. The van der Waals surface area contributed by atoms with E-state index in [2.05, 4.69) is 36.1 Å². The van der Waals surface area contributed by atoms with E-state index in [1.165, 1.54) is 18.1 Å². The molecule has 1 unspecified atom stereocenters. The molecule has 0 radical (unpaired) electrons. The number of aliphatic hydroxyl groups is 1. The van der Waals surface area contributed by atoms with Gasteiger partial charge < -0.3 is 10.4 Å². The van der Waals surface area contributed by atoms with Gasteiger partial charge in [-0.1, -0.05) is 0 Å². The standard InChI is InChI=1S/C11H19N3OS/c1-11(2,3)14-6-9(15)7-16-10-4-5-12-8-13-10/h4-5,8-9,14-15H,6-7H2,1-3H3. The Morgan fingerprint density at radius 1 is 1.50 bits per heavy atom. The molecule has 0 saturated carbocycles. The normalized spacial score (nSPS) is 13.8. The molecular weight excluding hydrogens is 222 g/mol. The van der Waals surface area contributed by atoms with Crippen LogP contribution in [-0.2, 0) is 0 Å². The van der Waals surface area contributed by atoms with Crippen LogP contribution in [0.5, 0.6) is 0 Å². The minimum absolute atomic E-state index is 0.0422. The van der Waals surface area contributed by atoms with E-state index in [1.54, 1.807) is 6.20 Å². The number of hydrogen-bond acceptors (Lipinski definition) is 5. The molecule has 0 amide bonds. The highest BCUT2D eigenvalue weighted by Gasteiger charge is 2.12. The average molecular weight is 241 g/mol. The largest absolute Gasteiger partial charge is 0.391 e. The van der Waals surface area contributed by atoms with Gasteiger partial charge in [-0.15, -0.1) is 11.8 Å². The molecule has 90 valence electrons. The molecule has 0 saturated heterocycles. The van der Waals surface area contributed by atoms with Gasteiger partial charge in [-0.2, -0.15) is 0 Å². The van der Waals surface area contributed by atoms with Crippen molar-refractivity contribution in [3.8, 4) is 0 Å². The third-order valence-corrected chi connectivity index (χ3v) is 2.94. The fourth-order valence-electron chi connectivity index (χ4n) is 1.03. The Kier molecular flexibility index (Phi) is 5.18. The van der Waals surface area contributed by atoms with Crippen LogP contribution in [0.4, 0.5) is 0 Å². The highest BCUT2D eigenvalue weighted by Crippen LogP contribution is 2.14. The zero-order valence-electron chi connectivity index (χ0n) is 9.97. The fourth-order valence-corrected chi connectivity index (χ4v) is 1.79. The maximum atomic E-state index is 9.75. The summed E-state index contributed by atoms with van der Waals surface area (Å²) in [6.45, 7) is 6.84. The van der Waals surface area contributed by atoms with Gasteiger partial charge in [0.2, 0.25) is 0 Å². The zero-order valence-corrected chi connectivity index (χ0v) is 10.8. The number of β-amino-alcohol motifs (C(OH)–C–C–N with tert-alkyl or cyclic N) is 1. The molecule has 1 rings (SSSR count). The van der Waals surface area contributed by atoms with Crippen molar-refractivity contribution in [1.82, 2.24) is 15.3 Å². The lowest BCUT2D eigenvalue weighted by Gasteiger charge is -2.22. The highest BCUT2D eigenvalue weighted by atomic mass is 32.2. The quantitative estimate of drug-likeness (QED) is 0.601. The van der Waals surface area contributed by atoms with Crippen molar-refractivity contribution in [2.24, 2.45) is 0 Å². The fraction of sp³-hybridized carbons (Fsp3) is 0.636. The highest BCUT2D eigenvalue weighted by molar-refractivity contribution is 7.99. The summed E-state index contributed by atoms with van der Waals surface area (Å²) in [4.78, 5) is 7.92. The Hall–Kier alpha value is -0.650. The molecule has 0 bridgehead atoms. The third-order valence-electron chi connectivity index (χ3n) is 1.85. The molecule has 1 aromatic heterocycles. The maximum absolute atomic E-state index is 9.75. The lowest BCUT2D eigenvalue weighted by molar-refractivity contribution is 0.183. The van der Waals surface area contributed by atoms with Crippen LogP contribution >= 0.6 is 11.8 Å². The molecule has 4 nitrogen and oxygen atoms in total. The summed E-state index contributed by atoms with van der Waals surface area (Å²) in [5, 5.41) is 13.9. The van der Waals surface area contributed by atoms with Gasteiger partial charge in [-0.25, -0.2) is 9.97 Å². The summed E-state index contributed by atoms with van der Waals surface area (Å²) in [6, 6.07) is 1.84. The van der Waals surface area contributed by atoms with Gasteiger partial charge in [0, 0.05) is 24.0 Å². The van der Waals surface area contributed by atoms with E-state index < -0.39 is 0 Å². The van der Waals surface area contributed by atoms with Gasteiger partial charge >= 0.3 is 0 Å². The molecule has 0 aromatic carbocycles. The molecule has 0 aliphatic heterocycles. The van der Waals surface area contributed by atoms with E-state index in [9.17, 15) is 5.11 Å². The van der Waals surface area contributed by atoms with Crippen molar-refractivity contribution < 1.29 is 5.11 Å². The monoisotopic (exact) mass is 241 g/mol. The average Bonchev–Trinajstić information content (AvgIpc) is 2.24. The topological polar surface area (TPSA) is 58.0 Å². The predicted molar refractivity (Wildman–Crippen MR) is 66.5 cm³/mol. The smallest absolute Gasteiger partial charge is 0.116 e. The van der Waals surface area contributed by atoms with Crippen molar-refractivity contribution in [1.29, 1.82) is 0 Å². The van der Waals surface area contributed by atoms with Gasteiger partial charge in [0.15, 0.2) is 0 Å². The van der Waals surface area contributed by atoms with Crippen LogP contribution < -0.4 is 5.32 Å². The van der Waals surface area contributed by atoms with Crippen molar-refractivity contribution in [2.45, 2.75) is 37.4 Å². The molecule has 0 aliphatic rings. The lowest BCUT2D eigenvalue weighted by atomic mass is 10.1. The first kappa shape index (κ1) is 13.4. The first-order valence-corrected chi connectivity index (χ1v) is 6.28. The molecule has 2 N–H and O–H groups in total. The summed E-state index contributed by atoms with van der Waals surface area (Å²) >= 11 is 1.54. The second-order valence-electron chi connectivity index (χ2n) is 4.64. The summed E-state index contributed by atoms with van der Waals surface area (Å²) in [5.74, 6) is 0.639. The van der Waals surface area contributed by atoms with E-state index in [-0.39, 0.29) is 11.6 Å². The molecule has 16 heavy (non-hydrogen) atoms. The lowest BCUT2D eigenvalue weighted by Crippen LogP contribution is -2.41. The van der Waals surface area contributed by atoms with E-state index in [0.29, 0.717) is 12.3 Å². The van der Waals surface area contributed by atoms with Crippen LogP contribution in [0.25, 0.3) is 0 Å². The number of aliphatic hydroxyl groups excluding tert-OH is 1. The van der Waals surface area contributed by atoms with E-state index in [1.807, 2.05) is 6.07 Å². The molecule has 0 spiro atoms. The summed E-state index contributed by atoms with van der Waals surface area (Å²) in [6.07, 6.45) is 2.86. The molecule has 5 heteroatoms. The number of nitrogens with zero attached hydrogens (tertiary/aromatic N) is 2. The third kappa shape index (κ3) is 6.05. The van der Waals surface area contributed by atoms with E-state index >= 15 is 0 Å². The van der Waals surface area contributed by atoms with Crippen molar-refractivity contribution >= 4 is 11.8 Å². The van der Waals surface area contributed by atoms with Gasteiger partial charge in [-0.3, -0.25) is 0 Å². The Morgan fingerprint density at radius 2 is 2.25 bits per heavy atom. The second kappa shape index (κ2) is 6.18. The van der Waals surface area contributed by atoms with E-state index in [0.717, 1.165) is 5.03 Å². The molecule has 0 aliphatic carbocycles. The summed E-state index contributed by atoms with van der Waals surface area (Å²) in [5.41, 5.74) is 0.0422. The van der Waals surface area contributed by atoms with E-state index in [4.69, 9.17) is 0 Å². The van der Waals surface area contributed by atoms with Crippen molar-refractivity contribution in [3.63, 3.8) is 0 Å². The first-order chi connectivity index (χ1) is 7.47. The second-order valence-corrected chi connectivity index (χ2v) is 5.68. The molecule has 1 aromatic rings. The summed E-state index contributed by atoms with van der Waals surface area (Å²) < 4.78 is 0. The SMILES string of the molecule is CC(C)(C)NCC(O)CSc1ccncn1. The van der Waals surface area contributed by atoms with Crippen LogP contribution in [-0.4, -0.2) is 39.0 Å². The van der Waals surface area contributed by atoms with Gasteiger partial charge in [-0.05, 0) is 26.8 Å². The Labute approximate surface area is 101 Å². The minimum Gasteiger partial charge on any atom is -0.391 e. The number of thioether (sulfide) groups is 1. The van der Waals surface area contributed by atoms with Gasteiger partial charge in [0.05, 0.1) is 11.1 Å². The van der Waals surface area contributed by atoms with Gasteiger partial charge in [0.25, 0.3) is 0 Å². The van der Waals surface area contributed by atoms with Crippen molar-refractivity contribution in [2.75, 3.05) is 12.3 Å². The van der Waals surface area contributed by atoms with Crippen LogP contribution in [0.2, 0.25) is 0 Å². The predicted octanol–water partition coefficient (Wildman–Crippen LogP) is 1.32. The number of nitrogens with one attached hydrogen (secondary N) is 1. The van der Waals surface area contributed by atoms with Gasteiger partial charge in [0.1, 0.15) is 6.33 Å². The maximum Gasteiger partial charge on any atom is 0.116 e. The number of rotatable bonds is 5. The number of hydrogen-bond donors (Lipinski definition) is 2.